The van der Waals surface area contributed by atoms with Gasteiger partial charge in [0.05, 0.1) is 6.61 Å². The monoisotopic (exact) mass is 184 g/mol. The van der Waals surface area contributed by atoms with Crippen LogP contribution < -0.4 is 0 Å². The van der Waals surface area contributed by atoms with Gasteiger partial charge in [0.25, 0.3) is 0 Å². The second kappa shape index (κ2) is 4.43. The number of fused-ring (bicyclic) bond motifs is 1. The Kier molecular flexibility index (Phi) is 3.23. The molecule has 0 aromatic rings. The third-order valence-electron chi connectivity index (χ3n) is 3.32. The summed E-state index contributed by atoms with van der Waals surface area (Å²) in [7, 11) is 0. The Balaban J connectivity index is 1.84. The van der Waals surface area contributed by atoms with Gasteiger partial charge in [-0.25, -0.2) is 0 Å². The molecule has 2 aliphatic rings. The van der Waals surface area contributed by atoms with Crippen LogP contribution in [0.25, 0.3) is 0 Å². The van der Waals surface area contributed by atoms with Gasteiger partial charge in [-0.1, -0.05) is 19.8 Å². The van der Waals surface area contributed by atoms with Gasteiger partial charge in [0.15, 0.2) is 6.29 Å². The molecule has 0 spiro atoms. The van der Waals surface area contributed by atoms with Crippen LogP contribution in [-0.4, -0.2) is 19.5 Å². The van der Waals surface area contributed by atoms with Crippen molar-refractivity contribution in [2.45, 2.75) is 45.3 Å². The van der Waals surface area contributed by atoms with E-state index in [1.165, 1.54) is 32.1 Å². The van der Waals surface area contributed by atoms with Crippen molar-refractivity contribution in [1.82, 2.24) is 0 Å². The van der Waals surface area contributed by atoms with Crippen LogP contribution in [0.4, 0.5) is 0 Å². The van der Waals surface area contributed by atoms with Crippen molar-refractivity contribution in [3.63, 3.8) is 0 Å². The first-order valence-electron chi connectivity index (χ1n) is 5.65. The minimum atomic E-state index is 0.149. The third kappa shape index (κ3) is 2.05. The van der Waals surface area contributed by atoms with Crippen molar-refractivity contribution >= 4 is 0 Å². The predicted molar refractivity (Wildman–Crippen MR) is 51.4 cm³/mol. The maximum atomic E-state index is 5.64. The highest BCUT2D eigenvalue weighted by atomic mass is 16.7. The summed E-state index contributed by atoms with van der Waals surface area (Å²) in [6.45, 7) is 4.10. The summed E-state index contributed by atoms with van der Waals surface area (Å²) in [5.41, 5.74) is 0. The number of unbranched alkanes of at least 4 members (excludes halogenated alkanes) is 1. The van der Waals surface area contributed by atoms with Crippen LogP contribution in [0.2, 0.25) is 0 Å². The molecule has 3 atom stereocenters. The number of hydrogen-bond acceptors (Lipinski definition) is 2. The number of rotatable bonds is 3. The van der Waals surface area contributed by atoms with Gasteiger partial charge >= 0.3 is 0 Å². The first-order valence-corrected chi connectivity index (χ1v) is 5.65. The Bertz CT molecular complexity index is 158. The van der Waals surface area contributed by atoms with E-state index in [2.05, 4.69) is 6.92 Å². The summed E-state index contributed by atoms with van der Waals surface area (Å²) in [5.74, 6) is 1.49. The van der Waals surface area contributed by atoms with Crippen molar-refractivity contribution in [1.29, 1.82) is 0 Å². The average Bonchev–Trinajstić information content (AvgIpc) is 2.58. The van der Waals surface area contributed by atoms with Gasteiger partial charge in [0.2, 0.25) is 0 Å². The normalized spacial score (nSPS) is 39.0. The molecule has 0 saturated carbocycles. The molecule has 0 aromatic heterocycles. The molecule has 2 saturated heterocycles. The molecule has 13 heavy (non-hydrogen) atoms. The Hall–Kier alpha value is -0.0800. The molecule has 2 rings (SSSR count). The SMILES string of the molecule is CCCC[C@H]1CO[C@H]2OCCC[C@@H]12. The van der Waals surface area contributed by atoms with Gasteiger partial charge in [-0.3, -0.25) is 0 Å². The molecule has 0 unspecified atom stereocenters. The van der Waals surface area contributed by atoms with Crippen LogP contribution in [-0.2, 0) is 9.47 Å². The van der Waals surface area contributed by atoms with E-state index in [1.807, 2.05) is 0 Å². The van der Waals surface area contributed by atoms with Crippen LogP contribution in [0.1, 0.15) is 39.0 Å². The molecule has 2 heteroatoms. The van der Waals surface area contributed by atoms with Crippen molar-refractivity contribution in [2.24, 2.45) is 11.8 Å². The quantitative estimate of drug-likeness (QED) is 0.671. The molecule has 76 valence electrons. The lowest BCUT2D eigenvalue weighted by Crippen LogP contribution is -2.28. The number of ether oxygens (including phenoxy) is 2. The maximum Gasteiger partial charge on any atom is 0.160 e. The number of hydrogen-bond donors (Lipinski definition) is 0. The molecule has 0 bridgehead atoms. The standard InChI is InChI=1S/C11H20O2/c1-2-3-5-9-8-13-11-10(9)6-4-7-12-11/h9-11H,2-8H2,1H3/t9-,10-,11+/m0/s1. The lowest BCUT2D eigenvalue weighted by molar-refractivity contribution is -0.151. The molecule has 2 nitrogen and oxygen atoms in total. The van der Waals surface area contributed by atoms with Crippen LogP contribution in [0.3, 0.4) is 0 Å². The van der Waals surface area contributed by atoms with E-state index in [4.69, 9.17) is 9.47 Å². The molecule has 0 amide bonds. The zero-order valence-corrected chi connectivity index (χ0v) is 8.50. The van der Waals surface area contributed by atoms with Gasteiger partial charge < -0.3 is 9.47 Å². The lowest BCUT2D eigenvalue weighted by atomic mass is 9.86. The molecule has 2 fully saturated rings. The Morgan fingerprint density at radius 2 is 2.23 bits per heavy atom. The molecular formula is C11H20O2. The van der Waals surface area contributed by atoms with Crippen LogP contribution >= 0.6 is 0 Å². The highest BCUT2D eigenvalue weighted by Crippen LogP contribution is 2.37. The van der Waals surface area contributed by atoms with E-state index in [0.29, 0.717) is 5.92 Å². The van der Waals surface area contributed by atoms with E-state index in [9.17, 15) is 0 Å². The molecule has 0 N–H and O–H groups in total. The van der Waals surface area contributed by atoms with E-state index >= 15 is 0 Å². The minimum absolute atomic E-state index is 0.149. The second-order valence-electron chi connectivity index (χ2n) is 4.28. The van der Waals surface area contributed by atoms with Crippen molar-refractivity contribution in [3.05, 3.63) is 0 Å². The van der Waals surface area contributed by atoms with Crippen LogP contribution in [0, 0.1) is 11.8 Å². The van der Waals surface area contributed by atoms with E-state index in [1.54, 1.807) is 0 Å². The summed E-state index contributed by atoms with van der Waals surface area (Å²) >= 11 is 0. The van der Waals surface area contributed by atoms with Crippen molar-refractivity contribution in [2.75, 3.05) is 13.2 Å². The molecule has 0 aliphatic carbocycles. The zero-order valence-electron chi connectivity index (χ0n) is 8.50. The van der Waals surface area contributed by atoms with Gasteiger partial charge in [-0.05, 0) is 25.2 Å². The Labute approximate surface area is 80.6 Å². The van der Waals surface area contributed by atoms with E-state index in [0.717, 1.165) is 19.1 Å². The largest absolute Gasteiger partial charge is 0.352 e. The van der Waals surface area contributed by atoms with Crippen LogP contribution in [0.5, 0.6) is 0 Å². The Morgan fingerprint density at radius 1 is 1.31 bits per heavy atom. The predicted octanol–water partition coefficient (Wildman–Crippen LogP) is 2.58. The zero-order chi connectivity index (χ0) is 9.10. The summed E-state index contributed by atoms with van der Waals surface area (Å²) in [6, 6.07) is 0. The van der Waals surface area contributed by atoms with Crippen molar-refractivity contribution in [3.8, 4) is 0 Å². The van der Waals surface area contributed by atoms with Crippen LogP contribution in [0.15, 0.2) is 0 Å². The Morgan fingerprint density at radius 3 is 3.08 bits per heavy atom. The van der Waals surface area contributed by atoms with Gasteiger partial charge in [0.1, 0.15) is 0 Å². The smallest absolute Gasteiger partial charge is 0.160 e. The fraction of sp³-hybridized carbons (Fsp3) is 1.00. The second-order valence-corrected chi connectivity index (χ2v) is 4.28. The molecule has 2 heterocycles. The fourth-order valence-electron chi connectivity index (χ4n) is 2.51. The summed E-state index contributed by atoms with van der Waals surface area (Å²) < 4.78 is 11.2. The summed E-state index contributed by atoms with van der Waals surface area (Å²) in [4.78, 5) is 0. The molecule has 0 radical (unpaired) electrons. The van der Waals surface area contributed by atoms with Gasteiger partial charge in [-0.2, -0.15) is 0 Å². The first kappa shape index (κ1) is 9.47. The molecule has 0 aromatic carbocycles. The highest BCUT2D eigenvalue weighted by molar-refractivity contribution is 4.81. The topological polar surface area (TPSA) is 18.5 Å². The summed E-state index contributed by atoms with van der Waals surface area (Å²) in [5, 5.41) is 0. The molecule has 2 aliphatic heterocycles. The maximum absolute atomic E-state index is 5.64. The van der Waals surface area contributed by atoms with E-state index in [-0.39, 0.29) is 6.29 Å². The minimum Gasteiger partial charge on any atom is -0.352 e. The fourth-order valence-corrected chi connectivity index (χ4v) is 2.51. The first-order chi connectivity index (χ1) is 6.42. The average molecular weight is 184 g/mol. The van der Waals surface area contributed by atoms with E-state index < -0.39 is 0 Å². The lowest BCUT2D eigenvalue weighted by Gasteiger charge is -2.27. The van der Waals surface area contributed by atoms with Crippen molar-refractivity contribution < 1.29 is 9.47 Å². The third-order valence-corrected chi connectivity index (χ3v) is 3.32. The van der Waals surface area contributed by atoms with Gasteiger partial charge in [0, 0.05) is 12.5 Å². The highest BCUT2D eigenvalue weighted by Gasteiger charge is 2.38. The van der Waals surface area contributed by atoms with Gasteiger partial charge in [-0.15, -0.1) is 0 Å². The molecular weight excluding hydrogens is 164 g/mol. The summed E-state index contributed by atoms with van der Waals surface area (Å²) in [6.07, 6.45) is 6.68.